The van der Waals surface area contributed by atoms with E-state index in [0.29, 0.717) is 6.54 Å². The van der Waals surface area contributed by atoms with Crippen LogP contribution >= 0.6 is 24.8 Å². The molecular formula is C18H33Cl2N5O. The van der Waals surface area contributed by atoms with Crippen LogP contribution in [-0.4, -0.2) is 46.8 Å². The molecule has 1 fully saturated rings. The number of hydrogen-bond acceptors (Lipinski definition) is 4. The van der Waals surface area contributed by atoms with Gasteiger partial charge in [0.25, 0.3) is 0 Å². The summed E-state index contributed by atoms with van der Waals surface area (Å²) in [5, 5.41) is 11.1. The minimum absolute atomic E-state index is 0. The molecule has 1 saturated heterocycles. The third kappa shape index (κ3) is 5.59. The Morgan fingerprint density at radius 3 is 2.73 bits per heavy atom. The maximum absolute atomic E-state index is 12.5. The fourth-order valence-electron chi connectivity index (χ4n) is 3.77. The molecule has 150 valence electrons. The lowest BCUT2D eigenvalue weighted by atomic mass is 9.80. The first kappa shape index (κ1) is 23.2. The van der Waals surface area contributed by atoms with E-state index >= 15 is 0 Å². The highest BCUT2D eigenvalue weighted by molar-refractivity contribution is 5.85. The zero-order valence-electron chi connectivity index (χ0n) is 15.9. The average Bonchev–Trinajstić information content (AvgIpc) is 2.85. The monoisotopic (exact) mass is 405 g/mol. The number of aromatic nitrogens is 2. The zero-order valence-corrected chi connectivity index (χ0v) is 17.6. The Morgan fingerprint density at radius 1 is 1.31 bits per heavy atom. The number of piperidine rings is 1. The predicted octanol–water partition coefficient (Wildman–Crippen LogP) is 2.35. The van der Waals surface area contributed by atoms with E-state index in [1.807, 2.05) is 0 Å². The number of amides is 1. The fourth-order valence-corrected chi connectivity index (χ4v) is 3.77. The molecule has 1 aromatic rings. The number of rotatable bonds is 5. The molecular weight excluding hydrogens is 373 g/mol. The lowest BCUT2D eigenvalue weighted by Gasteiger charge is -2.32. The number of hydrogen-bond donors (Lipinski definition) is 2. The molecule has 3 heterocycles. The van der Waals surface area contributed by atoms with Gasteiger partial charge < -0.3 is 10.6 Å². The van der Waals surface area contributed by atoms with Crippen molar-refractivity contribution in [2.75, 3.05) is 26.2 Å². The fraction of sp³-hybridized carbons (Fsp3) is 0.778. The van der Waals surface area contributed by atoms with Gasteiger partial charge >= 0.3 is 0 Å². The molecule has 0 bridgehead atoms. The van der Waals surface area contributed by atoms with E-state index in [0.717, 1.165) is 64.2 Å². The second-order valence-corrected chi connectivity index (χ2v) is 7.47. The van der Waals surface area contributed by atoms with Crippen molar-refractivity contribution in [1.29, 1.82) is 0 Å². The Labute approximate surface area is 169 Å². The first-order valence-corrected chi connectivity index (χ1v) is 9.38. The SMILES string of the molecule is CCCN1CCCn2nc(CNC(=O)C3(C)CCNCC3)cc2C1.Cl.Cl. The summed E-state index contributed by atoms with van der Waals surface area (Å²) < 4.78 is 2.13. The van der Waals surface area contributed by atoms with Gasteiger partial charge in [0.2, 0.25) is 5.91 Å². The molecule has 1 amide bonds. The molecule has 0 radical (unpaired) electrons. The van der Waals surface area contributed by atoms with Crippen molar-refractivity contribution >= 4 is 30.7 Å². The van der Waals surface area contributed by atoms with E-state index in [4.69, 9.17) is 5.10 Å². The van der Waals surface area contributed by atoms with E-state index in [-0.39, 0.29) is 36.1 Å². The summed E-state index contributed by atoms with van der Waals surface area (Å²) in [5.41, 5.74) is 2.02. The van der Waals surface area contributed by atoms with Gasteiger partial charge in [-0.05, 0) is 51.4 Å². The quantitative estimate of drug-likeness (QED) is 0.788. The van der Waals surface area contributed by atoms with Gasteiger partial charge in [-0.25, -0.2) is 0 Å². The molecule has 2 aliphatic heterocycles. The van der Waals surface area contributed by atoms with Crippen molar-refractivity contribution in [3.8, 4) is 0 Å². The van der Waals surface area contributed by atoms with Crippen molar-refractivity contribution in [3.63, 3.8) is 0 Å². The normalized spacial score (nSPS) is 19.5. The highest BCUT2D eigenvalue weighted by Gasteiger charge is 2.34. The molecule has 0 spiro atoms. The molecule has 8 heteroatoms. The molecule has 3 rings (SSSR count). The standard InChI is InChI=1S/C18H31N5O.2ClH/c1-3-9-22-10-4-11-23-16(14-22)12-15(21-23)13-20-17(24)18(2)5-7-19-8-6-18;;/h12,19H,3-11,13-14H2,1-2H3,(H,20,24);2*1H. The number of nitrogens with one attached hydrogen (secondary N) is 2. The summed E-state index contributed by atoms with van der Waals surface area (Å²) >= 11 is 0. The van der Waals surface area contributed by atoms with Crippen molar-refractivity contribution in [2.24, 2.45) is 5.41 Å². The van der Waals surface area contributed by atoms with Crippen LogP contribution in [0.2, 0.25) is 0 Å². The molecule has 0 aliphatic carbocycles. The average molecular weight is 406 g/mol. The van der Waals surface area contributed by atoms with Crippen molar-refractivity contribution < 1.29 is 4.79 Å². The molecule has 0 unspecified atom stereocenters. The smallest absolute Gasteiger partial charge is 0.226 e. The van der Waals surface area contributed by atoms with Crippen LogP contribution in [0.15, 0.2) is 6.07 Å². The molecule has 26 heavy (non-hydrogen) atoms. The van der Waals surface area contributed by atoms with Crippen LogP contribution in [0.5, 0.6) is 0 Å². The highest BCUT2D eigenvalue weighted by Crippen LogP contribution is 2.28. The molecule has 6 nitrogen and oxygen atoms in total. The summed E-state index contributed by atoms with van der Waals surface area (Å²) in [5.74, 6) is 0.166. The van der Waals surface area contributed by atoms with E-state index in [2.05, 4.69) is 40.1 Å². The Balaban J connectivity index is 0.00000169. The molecule has 2 N–H and O–H groups in total. The third-order valence-corrected chi connectivity index (χ3v) is 5.37. The van der Waals surface area contributed by atoms with Crippen molar-refractivity contribution in [2.45, 2.75) is 59.2 Å². The Hall–Kier alpha value is -0.820. The zero-order chi connectivity index (χ0) is 17.0. The molecule has 0 aromatic carbocycles. The number of aryl methyl sites for hydroxylation is 1. The summed E-state index contributed by atoms with van der Waals surface area (Å²) in [7, 11) is 0. The van der Waals surface area contributed by atoms with Gasteiger partial charge in [0, 0.05) is 25.0 Å². The van der Waals surface area contributed by atoms with Crippen LogP contribution in [0.3, 0.4) is 0 Å². The Morgan fingerprint density at radius 2 is 2.04 bits per heavy atom. The van der Waals surface area contributed by atoms with Crippen molar-refractivity contribution in [1.82, 2.24) is 25.3 Å². The van der Waals surface area contributed by atoms with Gasteiger partial charge in [0.1, 0.15) is 0 Å². The highest BCUT2D eigenvalue weighted by atomic mass is 35.5. The van der Waals surface area contributed by atoms with E-state index in [9.17, 15) is 4.79 Å². The molecule has 1 aromatic heterocycles. The Kier molecular flexibility index (Phi) is 9.38. The molecule has 0 atom stereocenters. The third-order valence-electron chi connectivity index (χ3n) is 5.37. The number of nitrogens with zero attached hydrogens (tertiary/aromatic N) is 3. The predicted molar refractivity (Wildman–Crippen MR) is 109 cm³/mol. The summed E-state index contributed by atoms with van der Waals surface area (Å²) in [6, 6.07) is 2.17. The second-order valence-electron chi connectivity index (χ2n) is 7.47. The van der Waals surface area contributed by atoms with Crippen LogP contribution < -0.4 is 10.6 Å². The lowest BCUT2D eigenvalue weighted by Crippen LogP contribution is -2.45. The molecule has 2 aliphatic rings. The van der Waals surface area contributed by atoms with Gasteiger partial charge in [0.15, 0.2) is 0 Å². The maximum Gasteiger partial charge on any atom is 0.226 e. The maximum atomic E-state index is 12.5. The first-order chi connectivity index (χ1) is 11.6. The first-order valence-electron chi connectivity index (χ1n) is 9.38. The number of carbonyl (C=O) groups excluding carboxylic acids is 1. The topological polar surface area (TPSA) is 62.2 Å². The van der Waals surface area contributed by atoms with Gasteiger partial charge in [-0.1, -0.05) is 13.8 Å². The van der Waals surface area contributed by atoms with Crippen LogP contribution in [0.25, 0.3) is 0 Å². The molecule has 0 saturated carbocycles. The van der Waals surface area contributed by atoms with Crippen LogP contribution in [0, 0.1) is 5.41 Å². The van der Waals surface area contributed by atoms with E-state index in [1.165, 1.54) is 12.1 Å². The number of fused-ring (bicyclic) bond motifs is 1. The second kappa shape index (κ2) is 10.5. The van der Waals surface area contributed by atoms with Crippen molar-refractivity contribution in [3.05, 3.63) is 17.5 Å². The van der Waals surface area contributed by atoms with E-state index < -0.39 is 0 Å². The van der Waals surface area contributed by atoms with Gasteiger partial charge in [-0.15, -0.1) is 24.8 Å². The van der Waals surface area contributed by atoms with E-state index in [1.54, 1.807) is 0 Å². The summed E-state index contributed by atoms with van der Waals surface area (Å²) in [4.78, 5) is 15.0. The minimum atomic E-state index is -0.236. The van der Waals surface area contributed by atoms with Crippen LogP contribution in [-0.2, 0) is 24.4 Å². The Bertz CT molecular complexity index is 572. The van der Waals surface area contributed by atoms with Gasteiger partial charge in [0.05, 0.1) is 17.9 Å². The summed E-state index contributed by atoms with van der Waals surface area (Å²) in [6.45, 7) is 10.9. The van der Waals surface area contributed by atoms with Gasteiger partial charge in [-0.3, -0.25) is 14.4 Å². The lowest BCUT2D eigenvalue weighted by molar-refractivity contribution is -0.131. The minimum Gasteiger partial charge on any atom is -0.350 e. The van der Waals surface area contributed by atoms with Crippen LogP contribution in [0.1, 0.15) is 50.9 Å². The van der Waals surface area contributed by atoms with Gasteiger partial charge in [-0.2, -0.15) is 5.10 Å². The van der Waals surface area contributed by atoms with Crippen LogP contribution in [0.4, 0.5) is 0 Å². The number of carbonyl (C=O) groups is 1. The largest absolute Gasteiger partial charge is 0.350 e. The number of halogens is 2. The summed E-state index contributed by atoms with van der Waals surface area (Å²) in [6.07, 6.45) is 4.14.